The van der Waals surface area contributed by atoms with Crippen LogP contribution < -0.4 is 0 Å². The molecule has 0 fully saturated rings. The van der Waals surface area contributed by atoms with Crippen LogP contribution in [-0.4, -0.2) is 29.7 Å². The maximum absolute atomic E-state index is 11.2. The highest BCUT2D eigenvalue weighted by Gasteiger charge is 2.14. The first kappa shape index (κ1) is 17.1. The quantitative estimate of drug-likeness (QED) is 0.594. The minimum Gasteiger partial charge on any atom is -0.506 e. The van der Waals surface area contributed by atoms with E-state index >= 15 is 0 Å². The summed E-state index contributed by atoms with van der Waals surface area (Å²) >= 11 is 1.19. The number of aromatic hydroxyl groups is 1. The van der Waals surface area contributed by atoms with E-state index in [1.165, 1.54) is 34.7 Å². The minimum absolute atomic E-state index is 0.152. The van der Waals surface area contributed by atoms with E-state index in [-0.39, 0.29) is 22.8 Å². The molecule has 2 aliphatic rings. The van der Waals surface area contributed by atoms with Gasteiger partial charge in [-0.15, -0.1) is 11.3 Å². The number of hydrogen-bond donors (Lipinski definition) is 1. The van der Waals surface area contributed by atoms with E-state index in [0.29, 0.717) is 10.7 Å². The zero-order valence-electron chi connectivity index (χ0n) is 13.2. The van der Waals surface area contributed by atoms with E-state index in [2.05, 4.69) is 34.2 Å². The average molecular weight is 371 g/mol. The number of benzene rings is 1. The van der Waals surface area contributed by atoms with Gasteiger partial charge in [-0.25, -0.2) is 18.4 Å². The van der Waals surface area contributed by atoms with E-state index in [1.807, 2.05) is 6.07 Å². The fraction of sp³-hybridized carbons (Fsp3) is 0.118. The first-order chi connectivity index (χ1) is 11.9. The van der Waals surface area contributed by atoms with Crippen molar-refractivity contribution in [2.24, 2.45) is 0 Å². The molecule has 0 aromatic carbocycles. The minimum atomic E-state index is -3.15. The maximum atomic E-state index is 11.2. The molecule has 0 bridgehead atoms. The number of fused-ring (bicyclic) bond motifs is 1. The summed E-state index contributed by atoms with van der Waals surface area (Å²) in [6, 6.07) is 11.6. The highest BCUT2D eigenvalue weighted by molar-refractivity contribution is 7.89. The molecule has 126 valence electrons. The van der Waals surface area contributed by atoms with Gasteiger partial charge in [-0.05, 0) is 11.1 Å². The van der Waals surface area contributed by atoms with Crippen LogP contribution in [0.1, 0.15) is 11.3 Å². The molecule has 2 aliphatic carbocycles. The van der Waals surface area contributed by atoms with Crippen molar-refractivity contribution in [2.75, 3.05) is 6.26 Å². The van der Waals surface area contributed by atoms with Crippen LogP contribution in [0.15, 0.2) is 41.9 Å². The summed E-state index contributed by atoms with van der Waals surface area (Å²) in [5, 5.41) is 20.5. The maximum Gasteiger partial charge on any atom is 0.153 e. The van der Waals surface area contributed by atoms with Crippen LogP contribution in [0.4, 0.5) is 0 Å². The predicted octanol–water partition coefficient (Wildman–Crippen LogP) is 2.99. The molecule has 0 amide bonds. The zero-order chi connectivity index (χ0) is 18.0. The van der Waals surface area contributed by atoms with Crippen molar-refractivity contribution in [3.63, 3.8) is 0 Å². The number of hydrogen-bond acceptors (Lipinski definition) is 7. The van der Waals surface area contributed by atoms with E-state index in [1.54, 1.807) is 5.38 Å². The number of pyridine rings is 1. The van der Waals surface area contributed by atoms with Crippen LogP contribution in [-0.2, 0) is 15.6 Å². The molecule has 0 spiro atoms. The van der Waals surface area contributed by atoms with Crippen molar-refractivity contribution in [1.82, 2.24) is 9.97 Å². The Morgan fingerprint density at radius 2 is 1.88 bits per heavy atom. The lowest BCUT2D eigenvalue weighted by atomic mass is 9.95. The molecule has 4 rings (SSSR count). The highest BCUT2D eigenvalue weighted by atomic mass is 32.2. The Kier molecular flexibility index (Phi) is 4.53. The Hall–Kier alpha value is -2.76. The van der Waals surface area contributed by atoms with Crippen LogP contribution in [0.5, 0.6) is 5.75 Å². The number of nitrogens with zero attached hydrogens (tertiary/aromatic N) is 3. The largest absolute Gasteiger partial charge is 0.506 e. The summed E-state index contributed by atoms with van der Waals surface area (Å²) < 4.78 is 22.3. The number of sulfone groups is 1. The number of thiazole rings is 1. The van der Waals surface area contributed by atoms with E-state index < -0.39 is 9.84 Å². The summed E-state index contributed by atoms with van der Waals surface area (Å²) in [6.07, 6.45) is 2.45. The van der Waals surface area contributed by atoms with Crippen molar-refractivity contribution in [1.29, 1.82) is 5.26 Å². The van der Waals surface area contributed by atoms with Gasteiger partial charge >= 0.3 is 0 Å². The summed E-state index contributed by atoms with van der Waals surface area (Å²) in [6.45, 7) is 0. The smallest absolute Gasteiger partial charge is 0.153 e. The Morgan fingerprint density at radius 1 is 1.24 bits per heavy atom. The summed E-state index contributed by atoms with van der Waals surface area (Å²) in [5.41, 5.74) is 3.75. The van der Waals surface area contributed by atoms with Gasteiger partial charge < -0.3 is 5.11 Å². The Balaban J connectivity index is 0.000000250. The Bertz CT molecular complexity index is 1040. The Morgan fingerprint density at radius 3 is 2.32 bits per heavy atom. The van der Waals surface area contributed by atoms with Gasteiger partial charge in [-0.3, -0.25) is 0 Å². The third kappa shape index (κ3) is 4.02. The van der Waals surface area contributed by atoms with Gasteiger partial charge in [0.25, 0.3) is 0 Å². The van der Waals surface area contributed by atoms with Crippen LogP contribution in [0.25, 0.3) is 21.8 Å². The van der Waals surface area contributed by atoms with Gasteiger partial charge in [0.05, 0.1) is 17.0 Å². The fourth-order valence-corrected chi connectivity index (χ4v) is 3.71. The van der Waals surface area contributed by atoms with Gasteiger partial charge in [0.1, 0.15) is 22.5 Å². The number of nitriles is 1. The average Bonchev–Trinajstić information content (AvgIpc) is 2.97. The molecular formula is C17H13N3O3S2. The van der Waals surface area contributed by atoms with Crippen molar-refractivity contribution in [3.05, 3.63) is 53.2 Å². The van der Waals surface area contributed by atoms with Gasteiger partial charge in [-0.2, -0.15) is 5.26 Å². The lowest BCUT2D eigenvalue weighted by Gasteiger charge is -2.10. The van der Waals surface area contributed by atoms with Crippen molar-refractivity contribution in [2.45, 2.75) is 5.75 Å². The van der Waals surface area contributed by atoms with Crippen LogP contribution in [0.3, 0.4) is 0 Å². The SMILES string of the molecule is CS(=O)(=O)Cc1csc(-c2ncc(C#N)cc2O)n1.c1cc2ccc1-2. The standard InChI is InChI=1S/C11H9N3O3S2.C6H4/c1-19(16,17)6-8-5-18-11(14-8)10-9(15)2-7(3-12)4-13-10;1-2-6-4-3-5(1)6/h2,4-5,15H,6H2,1H3;1-4H. The van der Waals surface area contributed by atoms with Crippen molar-refractivity contribution in [3.8, 4) is 33.6 Å². The first-order valence-corrected chi connectivity index (χ1v) is 10.1. The third-order valence-corrected chi connectivity index (χ3v) is 5.10. The molecule has 8 heteroatoms. The number of aromatic nitrogens is 2. The molecule has 2 aromatic heterocycles. The van der Waals surface area contributed by atoms with Gasteiger partial charge in [0.2, 0.25) is 0 Å². The van der Waals surface area contributed by atoms with Crippen LogP contribution in [0.2, 0.25) is 0 Å². The van der Waals surface area contributed by atoms with Crippen LogP contribution >= 0.6 is 11.3 Å². The lowest BCUT2D eigenvalue weighted by Crippen LogP contribution is -2.00. The fourth-order valence-electron chi connectivity index (χ4n) is 2.09. The molecule has 0 saturated carbocycles. The molecule has 2 aromatic rings. The molecule has 25 heavy (non-hydrogen) atoms. The predicted molar refractivity (Wildman–Crippen MR) is 95.7 cm³/mol. The summed E-state index contributed by atoms with van der Waals surface area (Å²) in [7, 11) is -3.15. The molecule has 0 atom stereocenters. The second-order valence-corrected chi connectivity index (χ2v) is 8.49. The molecule has 0 radical (unpaired) electrons. The van der Waals surface area contributed by atoms with Gasteiger partial charge in [0, 0.05) is 23.9 Å². The van der Waals surface area contributed by atoms with E-state index in [9.17, 15) is 13.5 Å². The summed E-state index contributed by atoms with van der Waals surface area (Å²) in [5.74, 6) is -0.306. The molecular weight excluding hydrogens is 358 g/mol. The molecule has 6 nitrogen and oxygen atoms in total. The zero-order valence-corrected chi connectivity index (χ0v) is 14.8. The normalized spacial score (nSPS) is 11.2. The number of rotatable bonds is 3. The lowest BCUT2D eigenvalue weighted by molar-refractivity contribution is 0.475. The van der Waals surface area contributed by atoms with Gasteiger partial charge in [-0.1, -0.05) is 24.3 Å². The monoisotopic (exact) mass is 371 g/mol. The molecule has 0 saturated heterocycles. The van der Waals surface area contributed by atoms with E-state index in [4.69, 9.17) is 5.26 Å². The molecule has 1 N–H and O–H groups in total. The highest BCUT2D eigenvalue weighted by Crippen LogP contribution is 2.30. The third-order valence-electron chi connectivity index (χ3n) is 3.38. The Labute approximate surface area is 149 Å². The molecule has 0 aliphatic heterocycles. The topological polar surface area (TPSA) is 104 Å². The van der Waals surface area contributed by atoms with E-state index in [0.717, 1.165) is 6.26 Å². The first-order valence-electron chi connectivity index (χ1n) is 7.18. The summed E-state index contributed by atoms with van der Waals surface area (Å²) in [4.78, 5) is 8.07. The van der Waals surface area contributed by atoms with Crippen molar-refractivity contribution < 1.29 is 13.5 Å². The molecule has 0 unspecified atom stereocenters. The molecule has 2 heterocycles. The van der Waals surface area contributed by atoms with Gasteiger partial charge in [0.15, 0.2) is 9.84 Å². The second kappa shape index (κ2) is 6.63. The van der Waals surface area contributed by atoms with Crippen molar-refractivity contribution >= 4 is 21.2 Å². The second-order valence-electron chi connectivity index (χ2n) is 5.49. The van der Waals surface area contributed by atoms with Crippen LogP contribution in [0, 0.1) is 11.3 Å².